The number of thiazole rings is 1. The van der Waals surface area contributed by atoms with E-state index in [9.17, 15) is 9.59 Å². The summed E-state index contributed by atoms with van der Waals surface area (Å²) in [5.41, 5.74) is 3.26. The Morgan fingerprint density at radius 3 is 2.97 bits per heavy atom. The van der Waals surface area contributed by atoms with Gasteiger partial charge in [0.05, 0.1) is 17.8 Å². The van der Waals surface area contributed by atoms with Crippen molar-refractivity contribution in [1.29, 1.82) is 0 Å². The Hall–Kier alpha value is -3.91. The minimum Gasteiger partial charge on any atom is -0.489 e. The average molecular weight is 475 g/mol. The van der Waals surface area contributed by atoms with Gasteiger partial charge < -0.3 is 19.9 Å². The van der Waals surface area contributed by atoms with Crippen LogP contribution in [0, 0.1) is 0 Å². The van der Waals surface area contributed by atoms with Gasteiger partial charge in [-0.2, -0.15) is 0 Å². The van der Waals surface area contributed by atoms with Crippen molar-refractivity contribution in [3.8, 4) is 11.3 Å². The second-order valence-corrected chi connectivity index (χ2v) is 8.65. The number of amides is 2. The molecular formula is C26H26N4O3S. The van der Waals surface area contributed by atoms with Crippen LogP contribution < -0.4 is 10.6 Å². The summed E-state index contributed by atoms with van der Waals surface area (Å²) in [5.74, 6) is 0.243. The maximum absolute atomic E-state index is 12.2. The highest BCUT2D eigenvalue weighted by Gasteiger charge is 2.12. The predicted octanol–water partition coefficient (Wildman–Crippen LogP) is 4.82. The fourth-order valence-corrected chi connectivity index (χ4v) is 4.07. The highest BCUT2D eigenvalue weighted by molar-refractivity contribution is 7.14. The molecule has 1 aromatic carbocycles. The summed E-state index contributed by atoms with van der Waals surface area (Å²) in [4.78, 5) is 28.8. The van der Waals surface area contributed by atoms with Gasteiger partial charge in [-0.1, -0.05) is 36.4 Å². The number of carbonyl (C=O) groups is 2. The van der Waals surface area contributed by atoms with Crippen molar-refractivity contribution < 1.29 is 14.3 Å². The van der Waals surface area contributed by atoms with Gasteiger partial charge in [-0.15, -0.1) is 11.3 Å². The number of nitrogens with zero attached hydrogens (tertiary/aromatic N) is 2. The molecule has 3 aromatic rings. The van der Waals surface area contributed by atoms with Crippen molar-refractivity contribution in [3.63, 3.8) is 0 Å². The van der Waals surface area contributed by atoms with E-state index < -0.39 is 0 Å². The number of hydrogen-bond donors (Lipinski definition) is 2. The second kappa shape index (κ2) is 11.3. The van der Waals surface area contributed by atoms with Gasteiger partial charge in [0, 0.05) is 30.4 Å². The van der Waals surface area contributed by atoms with Gasteiger partial charge in [-0.3, -0.25) is 9.59 Å². The Balaban J connectivity index is 1.31. The molecule has 7 nitrogen and oxygen atoms in total. The third kappa shape index (κ3) is 6.55. The van der Waals surface area contributed by atoms with E-state index in [4.69, 9.17) is 4.74 Å². The van der Waals surface area contributed by atoms with Gasteiger partial charge >= 0.3 is 0 Å². The van der Waals surface area contributed by atoms with Crippen LogP contribution in [-0.4, -0.2) is 27.9 Å². The van der Waals surface area contributed by atoms with Crippen LogP contribution in [0.2, 0.25) is 0 Å². The minimum atomic E-state index is -0.331. The van der Waals surface area contributed by atoms with Crippen LogP contribution in [0.4, 0.5) is 5.13 Å². The van der Waals surface area contributed by atoms with E-state index in [1.54, 1.807) is 23.0 Å². The average Bonchev–Trinajstić information content (AvgIpc) is 3.46. The fourth-order valence-electron chi connectivity index (χ4n) is 3.34. The molecule has 0 unspecified atom stereocenters. The molecule has 2 aromatic heterocycles. The van der Waals surface area contributed by atoms with Gasteiger partial charge in [0.25, 0.3) is 5.91 Å². The normalized spacial score (nSPS) is 14.0. The van der Waals surface area contributed by atoms with E-state index in [-0.39, 0.29) is 18.4 Å². The first kappa shape index (κ1) is 23.3. The van der Waals surface area contributed by atoms with Gasteiger partial charge in [0.15, 0.2) is 5.13 Å². The van der Waals surface area contributed by atoms with Crippen LogP contribution in [0.3, 0.4) is 0 Å². The highest BCUT2D eigenvalue weighted by atomic mass is 32.1. The summed E-state index contributed by atoms with van der Waals surface area (Å²) in [6, 6.07) is 9.69. The van der Waals surface area contributed by atoms with E-state index in [0.29, 0.717) is 17.3 Å². The molecule has 0 bridgehead atoms. The van der Waals surface area contributed by atoms with Crippen LogP contribution in [0.15, 0.2) is 84.2 Å². The molecule has 0 radical (unpaired) electrons. The molecule has 8 heteroatoms. The summed E-state index contributed by atoms with van der Waals surface area (Å²) in [7, 11) is 1.83. The van der Waals surface area contributed by atoms with Crippen molar-refractivity contribution in [2.45, 2.75) is 19.4 Å². The lowest BCUT2D eigenvalue weighted by atomic mass is 10.1. The number of aryl methyl sites for hydroxylation is 1. The molecule has 1 aliphatic carbocycles. The first-order valence-corrected chi connectivity index (χ1v) is 11.9. The van der Waals surface area contributed by atoms with Crippen molar-refractivity contribution in [2.75, 3.05) is 11.9 Å². The van der Waals surface area contributed by atoms with Gasteiger partial charge in [-0.05, 0) is 42.7 Å². The van der Waals surface area contributed by atoms with Crippen LogP contribution >= 0.6 is 11.3 Å². The van der Waals surface area contributed by atoms with E-state index in [1.165, 1.54) is 11.3 Å². The summed E-state index contributed by atoms with van der Waals surface area (Å²) < 4.78 is 7.74. The molecule has 34 heavy (non-hydrogen) atoms. The summed E-state index contributed by atoms with van der Waals surface area (Å²) in [5, 5.41) is 7.73. The van der Waals surface area contributed by atoms with Crippen molar-refractivity contribution in [2.24, 2.45) is 7.05 Å². The molecule has 174 valence electrons. The maximum Gasteiger partial charge on any atom is 0.253 e. The molecule has 0 aliphatic heterocycles. The van der Waals surface area contributed by atoms with E-state index in [0.717, 1.165) is 35.4 Å². The predicted molar refractivity (Wildman–Crippen MR) is 134 cm³/mol. The van der Waals surface area contributed by atoms with Crippen molar-refractivity contribution >= 4 is 28.3 Å². The topological polar surface area (TPSA) is 85.3 Å². The first-order valence-electron chi connectivity index (χ1n) is 11.0. The van der Waals surface area contributed by atoms with E-state index >= 15 is 0 Å². The number of nitrogens with one attached hydrogen (secondary N) is 2. The molecule has 0 spiro atoms. The molecule has 0 saturated heterocycles. The smallest absolute Gasteiger partial charge is 0.253 e. The first-order chi connectivity index (χ1) is 16.6. The quantitative estimate of drug-likeness (QED) is 0.490. The molecule has 0 fully saturated rings. The van der Waals surface area contributed by atoms with Gasteiger partial charge in [-0.25, -0.2) is 4.98 Å². The number of benzene rings is 1. The molecule has 0 atom stereocenters. The number of hydrogen-bond acceptors (Lipinski definition) is 5. The zero-order chi connectivity index (χ0) is 23.8. The molecule has 2 heterocycles. The summed E-state index contributed by atoms with van der Waals surface area (Å²) in [6.45, 7) is 0.331. The molecule has 2 amide bonds. The highest BCUT2D eigenvalue weighted by Crippen LogP contribution is 2.26. The van der Waals surface area contributed by atoms with Crippen LogP contribution in [-0.2, 0) is 23.2 Å². The zero-order valence-electron chi connectivity index (χ0n) is 18.9. The number of rotatable bonds is 8. The maximum atomic E-state index is 12.2. The minimum absolute atomic E-state index is 0.129. The number of carbonyl (C=O) groups excluding carboxylic acids is 2. The third-order valence-electron chi connectivity index (χ3n) is 5.07. The number of allylic oxidation sites excluding steroid dienone is 5. The Morgan fingerprint density at radius 2 is 2.12 bits per heavy atom. The summed E-state index contributed by atoms with van der Waals surface area (Å²) >= 11 is 1.34. The number of aromatic nitrogens is 2. The monoisotopic (exact) mass is 474 g/mol. The molecule has 2 N–H and O–H groups in total. The molecule has 4 rings (SSSR count). The van der Waals surface area contributed by atoms with E-state index in [2.05, 4.69) is 27.8 Å². The standard InChI is InChI=1S/C26H26N4O3S/c1-30-13-12-21(16-30)25(32)27-15-24(31)29-26-28-23(18-34-26)20-9-7-8-19(14-20)17-33-22-10-5-3-2-4-6-11-22/h2-3,5,7-14,16,18H,4,6,15,17H2,1H3,(H,27,32)(H,28,29,31)/b3-2+,10-5?,22-11?. The number of anilines is 1. The SMILES string of the molecule is Cn1ccc(C(=O)NCC(=O)Nc2nc(-c3cccc(COC4=CCC/C=C/C=C4)c3)cs2)c1. The second-order valence-electron chi connectivity index (χ2n) is 7.79. The van der Waals surface area contributed by atoms with Crippen LogP contribution in [0.1, 0.15) is 28.8 Å². The van der Waals surface area contributed by atoms with Crippen molar-refractivity contribution in [3.05, 3.63) is 95.4 Å². The van der Waals surface area contributed by atoms with Crippen LogP contribution in [0.25, 0.3) is 11.3 Å². The Bertz CT molecular complexity index is 1250. The lowest BCUT2D eigenvalue weighted by molar-refractivity contribution is -0.115. The lowest BCUT2D eigenvalue weighted by Gasteiger charge is -2.09. The Morgan fingerprint density at radius 1 is 1.21 bits per heavy atom. The lowest BCUT2D eigenvalue weighted by Crippen LogP contribution is -2.32. The van der Waals surface area contributed by atoms with Crippen LogP contribution in [0.5, 0.6) is 0 Å². The zero-order valence-corrected chi connectivity index (χ0v) is 19.7. The fraction of sp³-hybridized carbons (Fsp3) is 0.192. The largest absolute Gasteiger partial charge is 0.489 e. The molecule has 1 aliphatic rings. The van der Waals surface area contributed by atoms with E-state index in [1.807, 2.05) is 54.9 Å². The number of ether oxygens (including phenoxy) is 1. The Kier molecular flexibility index (Phi) is 7.72. The summed E-state index contributed by atoms with van der Waals surface area (Å²) in [6.07, 6.45) is 15.7. The Labute approximate surface area is 202 Å². The van der Waals surface area contributed by atoms with Gasteiger partial charge in [0.2, 0.25) is 5.91 Å². The molecule has 0 saturated carbocycles. The molecular weight excluding hydrogens is 448 g/mol. The van der Waals surface area contributed by atoms with Gasteiger partial charge in [0.1, 0.15) is 12.4 Å². The third-order valence-corrected chi connectivity index (χ3v) is 5.83. The van der Waals surface area contributed by atoms with Crippen molar-refractivity contribution in [1.82, 2.24) is 14.9 Å².